The molecular formula is C21H22FN5O2. The largest absolute Gasteiger partial charge is 0.484 e. The van der Waals surface area contributed by atoms with Crippen LogP contribution < -0.4 is 9.64 Å². The fourth-order valence-electron chi connectivity index (χ4n) is 4.34. The second kappa shape index (κ2) is 5.66. The minimum atomic E-state index is -0.394. The first-order valence-corrected chi connectivity index (χ1v) is 10.1. The summed E-state index contributed by atoms with van der Waals surface area (Å²) >= 11 is 0. The summed E-state index contributed by atoms with van der Waals surface area (Å²) in [4.78, 5) is 11.0. The molecule has 2 aromatic heterocycles. The summed E-state index contributed by atoms with van der Waals surface area (Å²) in [6.07, 6.45) is 5.07. The SMILES string of the molecule is CC1(Oc2cc3c(-c4cc(N5CC[C@@]6(C[C@H]6O)C5)ncn4)n[nH]c3cc2F)CC1. The normalized spacial score (nSPS) is 27.0. The number of anilines is 1. The van der Waals surface area contributed by atoms with E-state index in [0.717, 1.165) is 50.0 Å². The highest BCUT2D eigenvalue weighted by molar-refractivity contribution is 5.93. The molecule has 1 spiro atoms. The molecule has 2 atom stereocenters. The van der Waals surface area contributed by atoms with Gasteiger partial charge in [0.05, 0.1) is 17.3 Å². The third-order valence-corrected chi connectivity index (χ3v) is 6.68. The van der Waals surface area contributed by atoms with Crippen molar-refractivity contribution >= 4 is 16.7 Å². The standard InChI is InChI=1S/C21H22FN5O2/c1-20(2-3-20)29-16-6-12-14(7-13(16)22)25-26-19(12)15-8-18(24-11-23-15)27-5-4-21(10-27)9-17(21)28/h6-8,11,17,28H,2-5,9-10H2,1H3,(H,25,26)/t17-,21-/m1/s1. The van der Waals surface area contributed by atoms with Gasteiger partial charge in [0.1, 0.15) is 23.4 Å². The molecule has 8 heteroatoms. The molecule has 7 nitrogen and oxygen atoms in total. The van der Waals surface area contributed by atoms with Gasteiger partial charge in [-0.15, -0.1) is 0 Å². The van der Waals surface area contributed by atoms with Gasteiger partial charge in [0.15, 0.2) is 11.6 Å². The highest BCUT2D eigenvalue weighted by atomic mass is 19.1. The highest BCUT2D eigenvalue weighted by Crippen LogP contribution is 2.53. The molecule has 3 fully saturated rings. The molecule has 1 aromatic carbocycles. The molecule has 1 aliphatic heterocycles. The molecule has 0 radical (unpaired) electrons. The molecule has 3 aliphatic rings. The molecular weight excluding hydrogens is 373 g/mol. The molecule has 0 amide bonds. The van der Waals surface area contributed by atoms with Crippen LogP contribution >= 0.6 is 0 Å². The molecule has 29 heavy (non-hydrogen) atoms. The summed E-state index contributed by atoms with van der Waals surface area (Å²) in [5.74, 6) is 0.680. The fraction of sp³-hybridized carbons (Fsp3) is 0.476. The van der Waals surface area contributed by atoms with Crippen LogP contribution in [0.4, 0.5) is 10.2 Å². The molecule has 3 aromatic rings. The van der Waals surface area contributed by atoms with Crippen LogP contribution in [0.25, 0.3) is 22.3 Å². The lowest BCUT2D eigenvalue weighted by atomic mass is 10.1. The van der Waals surface area contributed by atoms with Crippen molar-refractivity contribution in [2.24, 2.45) is 5.41 Å². The predicted octanol–water partition coefficient (Wildman–Crippen LogP) is 3.05. The molecule has 0 unspecified atom stereocenters. The Morgan fingerprint density at radius 1 is 1.24 bits per heavy atom. The van der Waals surface area contributed by atoms with Crippen LogP contribution in [0.3, 0.4) is 0 Å². The molecule has 1 saturated heterocycles. The van der Waals surface area contributed by atoms with E-state index in [0.29, 0.717) is 16.9 Å². The molecule has 0 bridgehead atoms. The van der Waals surface area contributed by atoms with E-state index in [1.165, 1.54) is 12.4 Å². The number of fused-ring (bicyclic) bond motifs is 1. The van der Waals surface area contributed by atoms with Crippen LogP contribution in [0, 0.1) is 11.2 Å². The van der Waals surface area contributed by atoms with Gasteiger partial charge < -0.3 is 14.7 Å². The van der Waals surface area contributed by atoms with Crippen LogP contribution in [0.1, 0.15) is 32.6 Å². The third-order valence-electron chi connectivity index (χ3n) is 6.68. The van der Waals surface area contributed by atoms with Crippen molar-refractivity contribution in [3.8, 4) is 17.1 Å². The first kappa shape index (κ1) is 17.1. The number of benzene rings is 1. The number of aliphatic hydroxyl groups is 1. The number of hydrogen-bond acceptors (Lipinski definition) is 6. The van der Waals surface area contributed by atoms with Gasteiger partial charge in [-0.1, -0.05) is 0 Å². The number of nitrogens with one attached hydrogen (secondary N) is 1. The van der Waals surface area contributed by atoms with Crippen molar-refractivity contribution in [2.75, 3.05) is 18.0 Å². The van der Waals surface area contributed by atoms with Crippen molar-refractivity contribution in [2.45, 2.75) is 44.3 Å². The van der Waals surface area contributed by atoms with E-state index in [9.17, 15) is 9.50 Å². The Labute approximate surface area is 166 Å². The minimum Gasteiger partial charge on any atom is -0.484 e. The van der Waals surface area contributed by atoms with Crippen molar-refractivity contribution in [3.05, 3.63) is 30.3 Å². The van der Waals surface area contributed by atoms with Crippen molar-refractivity contribution in [1.29, 1.82) is 0 Å². The quantitative estimate of drug-likeness (QED) is 0.706. The Balaban J connectivity index is 1.35. The molecule has 150 valence electrons. The van der Waals surface area contributed by atoms with Gasteiger partial charge in [-0.25, -0.2) is 14.4 Å². The third kappa shape index (κ3) is 2.77. The number of rotatable bonds is 4. The summed E-state index contributed by atoms with van der Waals surface area (Å²) in [6.45, 7) is 3.67. The van der Waals surface area contributed by atoms with Crippen LogP contribution in [-0.4, -0.2) is 50.1 Å². The number of halogens is 1. The van der Waals surface area contributed by atoms with Crippen LogP contribution in [0.2, 0.25) is 0 Å². The zero-order chi connectivity index (χ0) is 19.8. The Hall–Kier alpha value is -2.74. The predicted molar refractivity (Wildman–Crippen MR) is 105 cm³/mol. The number of aliphatic hydroxyl groups excluding tert-OH is 1. The summed E-state index contributed by atoms with van der Waals surface area (Å²) in [5.41, 5.74) is 1.71. The molecule has 3 heterocycles. The molecule has 6 rings (SSSR count). The molecule has 2 saturated carbocycles. The van der Waals surface area contributed by atoms with E-state index in [4.69, 9.17) is 4.74 Å². The second-order valence-corrected chi connectivity index (χ2v) is 8.97. The lowest BCUT2D eigenvalue weighted by molar-refractivity contribution is 0.191. The van der Waals surface area contributed by atoms with E-state index < -0.39 is 5.82 Å². The molecule has 2 N–H and O–H groups in total. The van der Waals surface area contributed by atoms with E-state index in [1.807, 2.05) is 13.0 Å². The lowest BCUT2D eigenvalue weighted by Crippen LogP contribution is -2.22. The van der Waals surface area contributed by atoms with E-state index in [1.54, 1.807) is 6.07 Å². The summed E-state index contributed by atoms with van der Waals surface area (Å²) < 4.78 is 20.3. The second-order valence-electron chi connectivity index (χ2n) is 8.97. The van der Waals surface area contributed by atoms with Crippen molar-refractivity contribution in [1.82, 2.24) is 20.2 Å². The Morgan fingerprint density at radius 2 is 2.07 bits per heavy atom. The number of aromatic amines is 1. The lowest BCUT2D eigenvalue weighted by Gasteiger charge is -2.17. The van der Waals surface area contributed by atoms with E-state index in [2.05, 4.69) is 25.1 Å². The van der Waals surface area contributed by atoms with Gasteiger partial charge in [-0.2, -0.15) is 5.10 Å². The Morgan fingerprint density at radius 3 is 2.79 bits per heavy atom. The maximum Gasteiger partial charge on any atom is 0.167 e. The Bertz CT molecular complexity index is 1130. The first-order valence-electron chi connectivity index (χ1n) is 10.1. The minimum absolute atomic E-state index is 0.0484. The highest BCUT2D eigenvalue weighted by Gasteiger charge is 2.57. The van der Waals surface area contributed by atoms with Gasteiger partial charge in [0.2, 0.25) is 0 Å². The van der Waals surface area contributed by atoms with Gasteiger partial charge in [-0.3, -0.25) is 5.10 Å². The summed E-state index contributed by atoms with van der Waals surface area (Å²) in [5, 5.41) is 18.0. The monoisotopic (exact) mass is 395 g/mol. The van der Waals surface area contributed by atoms with Gasteiger partial charge in [0, 0.05) is 36.0 Å². The van der Waals surface area contributed by atoms with E-state index >= 15 is 0 Å². The number of hydrogen-bond donors (Lipinski definition) is 2. The van der Waals surface area contributed by atoms with Gasteiger partial charge in [-0.05, 0) is 38.7 Å². The summed E-state index contributed by atoms with van der Waals surface area (Å²) in [6, 6.07) is 5.05. The topological polar surface area (TPSA) is 87.2 Å². The number of nitrogens with zero attached hydrogens (tertiary/aromatic N) is 4. The molecule has 2 aliphatic carbocycles. The zero-order valence-corrected chi connectivity index (χ0v) is 16.2. The summed E-state index contributed by atoms with van der Waals surface area (Å²) in [7, 11) is 0. The number of ether oxygens (including phenoxy) is 1. The Kier molecular flexibility index (Phi) is 3.35. The van der Waals surface area contributed by atoms with Crippen LogP contribution in [0.5, 0.6) is 5.75 Å². The van der Waals surface area contributed by atoms with Crippen LogP contribution in [-0.2, 0) is 0 Å². The first-order chi connectivity index (χ1) is 13.9. The number of aromatic nitrogens is 4. The van der Waals surface area contributed by atoms with Crippen molar-refractivity contribution < 1.29 is 14.2 Å². The fourth-order valence-corrected chi connectivity index (χ4v) is 4.34. The van der Waals surface area contributed by atoms with Crippen molar-refractivity contribution in [3.63, 3.8) is 0 Å². The average Bonchev–Trinajstić information content (AvgIpc) is 3.42. The smallest absolute Gasteiger partial charge is 0.167 e. The zero-order valence-electron chi connectivity index (χ0n) is 16.2. The van der Waals surface area contributed by atoms with Crippen LogP contribution in [0.15, 0.2) is 24.5 Å². The van der Waals surface area contributed by atoms with Gasteiger partial charge >= 0.3 is 0 Å². The average molecular weight is 395 g/mol. The van der Waals surface area contributed by atoms with E-state index in [-0.39, 0.29) is 22.9 Å². The number of H-pyrrole nitrogens is 1. The maximum atomic E-state index is 14.4. The van der Waals surface area contributed by atoms with Gasteiger partial charge in [0.25, 0.3) is 0 Å². The maximum absolute atomic E-state index is 14.4.